The molecular weight excluding hydrogens is 192 g/mol. The molecular formula is C12H16OS. The molecule has 76 valence electrons. The number of hydrogen-bond donors (Lipinski definition) is 0. The molecule has 0 saturated heterocycles. The van der Waals surface area contributed by atoms with Crippen LogP contribution in [0.15, 0.2) is 24.3 Å². The molecule has 0 aliphatic carbocycles. The maximum Gasteiger partial charge on any atom is 0.195 e. The summed E-state index contributed by atoms with van der Waals surface area (Å²) in [5.41, 5.74) is 0. The number of carbonyl (C=O) groups excluding carboxylic acids is 1. The van der Waals surface area contributed by atoms with E-state index in [1.807, 2.05) is 25.1 Å². The number of thiophene rings is 1. The fraction of sp³-hybridized carbons (Fsp3) is 0.417. The average molecular weight is 208 g/mol. The minimum atomic E-state index is 0.138. The summed E-state index contributed by atoms with van der Waals surface area (Å²) in [6, 6.07) is 3.88. The first-order valence-electron chi connectivity index (χ1n) is 5.01. The Morgan fingerprint density at radius 3 is 2.86 bits per heavy atom. The predicted octanol–water partition coefficient (Wildman–Crippen LogP) is 3.99. The second-order valence-corrected chi connectivity index (χ2v) is 4.61. The molecule has 0 amide bonds. The van der Waals surface area contributed by atoms with E-state index in [1.165, 1.54) is 11.3 Å². The molecule has 0 unspecified atom stereocenters. The maximum atomic E-state index is 11.5. The highest BCUT2D eigenvalue weighted by molar-refractivity contribution is 7.14. The van der Waals surface area contributed by atoms with Crippen LogP contribution in [-0.4, -0.2) is 5.78 Å². The van der Waals surface area contributed by atoms with Crippen LogP contribution in [0.25, 0.3) is 0 Å². The molecule has 1 aromatic heterocycles. The minimum Gasteiger partial charge on any atom is -0.288 e. The lowest BCUT2D eigenvalue weighted by Gasteiger charge is -1.89. The van der Waals surface area contributed by atoms with E-state index in [4.69, 9.17) is 0 Å². The van der Waals surface area contributed by atoms with Gasteiger partial charge in [-0.1, -0.05) is 25.8 Å². The van der Waals surface area contributed by atoms with Gasteiger partial charge in [-0.2, -0.15) is 0 Å². The van der Waals surface area contributed by atoms with Crippen LogP contribution < -0.4 is 0 Å². The summed E-state index contributed by atoms with van der Waals surface area (Å²) in [4.78, 5) is 13.6. The summed E-state index contributed by atoms with van der Waals surface area (Å²) in [7, 11) is 0. The number of allylic oxidation sites excluding steroid dienone is 2. The van der Waals surface area contributed by atoms with Gasteiger partial charge < -0.3 is 0 Å². The van der Waals surface area contributed by atoms with E-state index in [-0.39, 0.29) is 5.78 Å². The van der Waals surface area contributed by atoms with E-state index < -0.39 is 0 Å². The Balaban J connectivity index is 2.46. The molecule has 0 N–H and O–H groups in total. The first kappa shape index (κ1) is 11.2. The summed E-state index contributed by atoms with van der Waals surface area (Å²) in [6.45, 7) is 4.17. The van der Waals surface area contributed by atoms with Crippen LogP contribution in [0, 0.1) is 6.92 Å². The van der Waals surface area contributed by atoms with E-state index >= 15 is 0 Å². The van der Waals surface area contributed by atoms with Gasteiger partial charge in [0.25, 0.3) is 0 Å². The summed E-state index contributed by atoms with van der Waals surface area (Å²) >= 11 is 1.56. The first-order valence-corrected chi connectivity index (χ1v) is 5.83. The van der Waals surface area contributed by atoms with Crippen molar-refractivity contribution in [2.75, 3.05) is 0 Å². The monoisotopic (exact) mass is 208 g/mol. The van der Waals surface area contributed by atoms with Gasteiger partial charge in [0.05, 0.1) is 4.88 Å². The number of aryl methyl sites for hydroxylation is 1. The van der Waals surface area contributed by atoms with Crippen LogP contribution in [0.4, 0.5) is 0 Å². The number of rotatable bonds is 5. The summed E-state index contributed by atoms with van der Waals surface area (Å²) in [5, 5.41) is 0. The van der Waals surface area contributed by atoms with Gasteiger partial charge in [0, 0.05) is 4.88 Å². The highest BCUT2D eigenvalue weighted by Crippen LogP contribution is 2.16. The molecule has 1 nitrogen and oxygen atoms in total. The zero-order valence-corrected chi connectivity index (χ0v) is 9.56. The second-order valence-electron chi connectivity index (χ2n) is 3.32. The van der Waals surface area contributed by atoms with E-state index in [1.54, 1.807) is 17.4 Å². The van der Waals surface area contributed by atoms with Crippen LogP contribution in [0.5, 0.6) is 0 Å². The van der Waals surface area contributed by atoms with Gasteiger partial charge in [0.15, 0.2) is 5.78 Å². The molecule has 0 bridgehead atoms. The Morgan fingerprint density at radius 1 is 1.50 bits per heavy atom. The van der Waals surface area contributed by atoms with Crippen molar-refractivity contribution >= 4 is 17.1 Å². The normalized spacial score (nSPS) is 11.0. The Hall–Kier alpha value is -0.890. The third kappa shape index (κ3) is 3.46. The molecule has 0 spiro atoms. The van der Waals surface area contributed by atoms with Crippen molar-refractivity contribution in [3.05, 3.63) is 34.0 Å². The van der Waals surface area contributed by atoms with Crippen molar-refractivity contribution in [3.8, 4) is 0 Å². The van der Waals surface area contributed by atoms with Crippen molar-refractivity contribution in [2.45, 2.75) is 33.1 Å². The molecule has 0 atom stereocenters. The zero-order valence-electron chi connectivity index (χ0n) is 8.75. The summed E-state index contributed by atoms with van der Waals surface area (Å²) in [6.07, 6.45) is 7.01. The number of unbranched alkanes of at least 4 members (excludes halogenated alkanes) is 2. The molecule has 1 aromatic rings. The highest BCUT2D eigenvalue weighted by Gasteiger charge is 2.02. The van der Waals surface area contributed by atoms with Gasteiger partial charge in [-0.15, -0.1) is 11.3 Å². The van der Waals surface area contributed by atoms with Crippen LogP contribution >= 0.6 is 11.3 Å². The van der Waals surface area contributed by atoms with Crippen LogP contribution in [-0.2, 0) is 0 Å². The molecule has 0 aliphatic heterocycles. The molecule has 0 aliphatic rings. The molecule has 1 rings (SSSR count). The average Bonchev–Trinajstić information content (AvgIpc) is 2.59. The standard InChI is InChI=1S/C12H16OS/c1-3-4-5-6-7-11(13)12-9-8-10(2)14-12/h6-9H,3-5H2,1-2H3/b7-6+. The van der Waals surface area contributed by atoms with Gasteiger partial charge in [-0.25, -0.2) is 0 Å². The van der Waals surface area contributed by atoms with Gasteiger partial charge in [0.2, 0.25) is 0 Å². The smallest absolute Gasteiger partial charge is 0.195 e. The van der Waals surface area contributed by atoms with Crippen molar-refractivity contribution in [2.24, 2.45) is 0 Å². The minimum absolute atomic E-state index is 0.138. The fourth-order valence-corrected chi connectivity index (χ4v) is 1.95. The van der Waals surface area contributed by atoms with Gasteiger partial charge in [-0.05, 0) is 31.6 Å². The quantitative estimate of drug-likeness (QED) is 0.406. The summed E-state index contributed by atoms with van der Waals surface area (Å²) in [5.74, 6) is 0.138. The maximum absolute atomic E-state index is 11.5. The third-order valence-corrected chi connectivity index (χ3v) is 2.99. The van der Waals surface area contributed by atoms with Crippen LogP contribution in [0.2, 0.25) is 0 Å². The van der Waals surface area contributed by atoms with E-state index in [9.17, 15) is 4.79 Å². The Bertz CT molecular complexity index is 323. The Morgan fingerprint density at radius 2 is 2.29 bits per heavy atom. The first-order chi connectivity index (χ1) is 6.74. The number of hydrogen-bond acceptors (Lipinski definition) is 2. The molecule has 0 aromatic carbocycles. The largest absolute Gasteiger partial charge is 0.288 e. The molecule has 0 radical (unpaired) electrons. The SMILES string of the molecule is CCCC/C=C/C(=O)c1ccc(C)s1. The van der Waals surface area contributed by atoms with E-state index in [0.29, 0.717) is 0 Å². The predicted molar refractivity (Wildman–Crippen MR) is 62.1 cm³/mol. The third-order valence-electron chi connectivity index (χ3n) is 1.98. The molecule has 1 heterocycles. The van der Waals surface area contributed by atoms with Crippen molar-refractivity contribution in [1.82, 2.24) is 0 Å². The highest BCUT2D eigenvalue weighted by atomic mass is 32.1. The lowest BCUT2D eigenvalue weighted by Crippen LogP contribution is -1.88. The molecule has 2 heteroatoms. The van der Waals surface area contributed by atoms with Crippen LogP contribution in [0.1, 0.15) is 40.7 Å². The topological polar surface area (TPSA) is 17.1 Å². The van der Waals surface area contributed by atoms with Crippen molar-refractivity contribution in [3.63, 3.8) is 0 Å². The molecule has 0 fully saturated rings. The van der Waals surface area contributed by atoms with E-state index in [2.05, 4.69) is 6.92 Å². The second kappa shape index (κ2) is 5.76. The number of ketones is 1. The summed E-state index contributed by atoms with van der Waals surface area (Å²) < 4.78 is 0. The fourth-order valence-electron chi connectivity index (χ4n) is 1.16. The lowest BCUT2D eigenvalue weighted by atomic mass is 10.2. The number of carbonyl (C=O) groups is 1. The van der Waals surface area contributed by atoms with Gasteiger partial charge >= 0.3 is 0 Å². The van der Waals surface area contributed by atoms with Crippen molar-refractivity contribution in [1.29, 1.82) is 0 Å². The zero-order chi connectivity index (χ0) is 10.4. The van der Waals surface area contributed by atoms with Crippen molar-refractivity contribution < 1.29 is 4.79 Å². The Labute approximate surface area is 89.5 Å². The van der Waals surface area contributed by atoms with Gasteiger partial charge in [0.1, 0.15) is 0 Å². The lowest BCUT2D eigenvalue weighted by molar-refractivity contribution is 0.105. The molecule has 14 heavy (non-hydrogen) atoms. The van der Waals surface area contributed by atoms with Crippen LogP contribution in [0.3, 0.4) is 0 Å². The molecule has 0 saturated carbocycles. The Kier molecular flexibility index (Phi) is 4.60. The van der Waals surface area contributed by atoms with Gasteiger partial charge in [-0.3, -0.25) is 4.79 Å². The van der Waals surface area contributed by atoms with E-state index in [0.717, 1.165) is 17.7 Å².